The number of aryl methyl sites for hydroxylation is 1. The number of nitriles is 1. The van der Waals surface area contributed by atoms with E-state index in [1.165, 1.54) is 18.2 Å². The quantitative estimate of drug-likeness (QED) is 0.250. The van der Waals surface area contributed by atoms with Crippen LogP contribution in [0, 0.1) is 40.8 Å². The molecule has 1 aliphatic heterocycles. The lowest BCUT2D eigenvalue weighted by molar-refractivity contribution is -0.144. The normalized spacial score (nSPS) is 23.7. The lowest BCUT2D eigenvalue weighted by atomic mass is 9.74. The van der Waals surface area contributed by atoms with Gasteiger partial charge in [-0.15, -0.1) is 0 Å². The number of rotatable bonds is 11. The van der Waals surface area contributed by atoms with Crippen molar-refractivity contribution in [2.24, 2.45) is 23.7 Å². The average Bonchev–Trinajstić information content (AvgIpc) is 3.61. The second-order valence-electron chi connectivity index (χ2n) is 13.6. The number of halogens is 1. The van der Waals surface area contributed by atoms with Crippen molar-refractivity contribution in [3.05, 3.63) is 88.5 Å². The molecule has 6 rings (SSSR count). The molecule has 3 aliphatic rings. The zero-order chi connectivity index (χ0) is 30.6. The minimum absolute atomic E-state index is 0.150. The standard InChI is InChI=1S/C37H45FN4O2/c1-2-42-36(22-33(40-42)17-26-9-11-27(23-39)12-10-26)28-13-15-41(16-14-28)24-31-19-30(35(37(43)44)18-25-5-3-6-25)21-34(31)29-7-4-8-32(38)20-29/h4,7-12,20,22,25,28,30-31,34-35H,2-3,5-6,13-19,21,24H2,1H3,(H,43,44)/t30?,31?,34?,35-/m0/s1. The Morgan fingerprint density at radius 1 is 1.09 bits per heavy atom. The number of carboxylic acids is 1. The topological polar surface area (TPSA) is 82.2 Å². The highest BCUT2D eigenvalue weighted by molar-refractivity contribution is 5.70. The molecule has 232 valence electrons. The summed E-state index contributed by atoms with van der Waals surface area (Å²) >= 11 is 0. The number of nitrogens with zero attached hydrogens (tertiary/aromatic N) is 4. The molecule has 0 radical (unpaired) electrons. The molecule has 44 heavy (non-hydrogen) atoms. The molecule has 1 N–H and O–H groups in total. The van der Waals surface area contributed by atoms with Crippen molar-refractivity contribution in [1.29, 1.82) is 5.26 Å². The van der Waals surface area contributed by atoms with E-state index < -0.39 is 5.97 Å². The molecular formula is C37H45FN4O2. The van der Waals surface area contributed by atoms with Gasteiger partial charge in [-0.3, -0.25) is 9.48 Å². The Bertz CT molecular complexity index is 1470. The molecule has 6 nitrogen and oxygen atoms in total. The van der Waals surface area contributed by atoms with Crippen molar-refractivity contribution in [2.45, 2.75) is 83.1 Å². The Labute approximate surface area is 260 Å². The number of hydrogen-bond donors (Lipinski definition) is 1. The minimum Gasteiger partial charge on any atom is -0.481 e. The molecule has 3 fully saturated rings. The molecule has 2 heterocycles. The van der Waals surface area contributed by atoms with E-state index in [2.05, 4.69) is 28.6 Å². The van der Waals surface area contributed by atoms with Gasteiger partial charge < -0.3 is 10.0 Å². The van der Waals surface area contributed by atoms with Crippen LogP contribution in [0.2, 0.25) is 0 Å². The van der Waals surface area contributed by atoms with Crippen LogP contribution < -0.4 is 0 Å². The highest BCUT2D eigenvalue weighted by atomic mass is 19.1. The van der Waals surface area contributed by atoms with Crippen molar-refractivity contribution in [2.75, 3.05) is 19.6 Å². The van der Waals surface area contributed by atoms with Crippen LogP contribution in [0.15, 0.2) is 54.6 Å². The molecule has 7 heteroatoms. The highest BCUT2D eigenvalue weighted by Crippen LogP contribution is 2.49. The van der Waals surface area contributed by atoms with Crippen LogP contribution in [-0.4, -0.2) is 45.4 Å². The van der Waals surface area contributed by atoms with E-state index in [1.54, 1.807) is 12.1 Å². The monoisotopic (exact) mass is 596 g/mol. The van der Waals surface area contributed by atoms with Gasteiger partial charge in [0.2, 0.25) is 0 Å². The zero-order valence-electron chi connectivity index (χ0n) is 25.9. The van der Waals surface area contributed by atoms with Crippen LogP contribution in [0.25, 0.3) is 0 Å². The van der Waals surface area contributed by atoms with E-state index in [0.29, 0.717) is 23.3 Å². The summed E-state index contributed by atoms with van der Waals surface area (Å²) < 4.78 is 16.5. The molecular weight excluding hydrogens is 551 g/mol. The largest absolute Gasteiger partial charge is 0.481 e. The lowest BCUT2D eigenvalue weighted by Gasteiger charge is -2.35. The number of hydrogen-bond acceptors (Lipinski definition) is 4. The minimum atomic E-state index is -0.646. The molecule has 3 aromatic rings. The van der Waals surface area contributed by atoms with Crippen LogP contribution in [0.3, 0.4) is 0 Å². The summed E-state index contributed by atoms with van der Waals surface area (Å²) in [6.45, 7) is 5.94. The summed E-state index contributed by atoms with van der Waals surface area (Å²) in [5.74, 6) is 0.556. The smallest absolute Gasteiger partial charge is 0.306 e. The number of likely N-dealkylation sites (tertiary alicyclic amines) is 1. The first kappa shape index (κ1) is 30.5. The Balaban J connectivity index is 1.11. The van der Waals surface area contributed by atoms with Gasteiger partial charge >= 0.3 is 5.97 Å². The van der Waals surface area contributed by atoms with Crippen molar-refractivity contribution < 1.29 is 14.3 Å². The number of carbonyl (C=O) groups is 1. The van der Waals surface area contributed by atoms with E-state index >= 15 is 0 Å². The van der Waals surface area contributed by atoms with Crippen LogP contribution in [0.4, 0.5) is 4.39 Å². The summed E-state index contributed by atoms with van der Waals surface area (Å²) in [6, 6.07) is 19.2. The summed E-state index contributed by atoms with van der Waals surface area (Å²) in [4.78, 5) is 15.0. The SMILES string of the molecule is CCn1nc(Cc2ccc(C#N)cc2)cc1C1CCN(CC2CC([C@H](CC3CCC3)C(=O)O)CC2c2cccc(F)c2)CC1. The molecule has 2 aromatic carbocycles. The molecule has 0 bridgehead atoms. The molecule has 0 spiro atoms. The predicted octanol–water partition coefficient (Wildman–Crippen LogP) is 7.38. The van der Waals surface area contributed by atoms with E-state index in [0.717, 1.165) is 94.4 Å². The number of benzene rings is 2. The first-order valence-electron chi connectivity index (χ1n) is 16.7. The molecule has 0 amide bonds. The third kappa shape index (κ3) is 6.91. The Hall–Kier alpha value is -3.50. The second-order valence-corrected chi connectivity index (χ2v) is 13.6. The molecule has 1 aromatic heterocycles. The van der Waals surface area contributed by atoms with Crippen molar-refractivity contribution in [3.63, 3.8) is 0 Å². The third-order valence-corrected chi connectivity index (χ3v) is 10.8. The predicted molar refractivity (Wildman–Crippen MR) is 169 cm³/mol. The Morgan fingerprint density at radius 3 is 2.50 bits per heavy atom. The number of piperidine rings is 1. The van der Waals surface area contributed by atoms with E-state index in [1.807, 2.05) is 30.3 Å². The lowest BCUT2D eigenvalue weighted by Crippen LogP contribution is -2.37. The fourth-order valence-corrected chi connectivity index (χ4v) is 8.23. The van der Waals surface area contributed by atoms with Gasteiger partial charge in [0.1, 0.15) is 5.82 Å². The second kappa shape index (κ2) is 13.6. The van der Waals surface area contributed by atoms with Gasteiger partial charge in [0.05, 0.1) is 23.2 Å². The molecule has 2 aliphatic carbocycles. The highest BCUT2D eigenvalue weighted by Gasteiger charge is 2.43. The van der Waals surface area contributed by atoms with Gasteiger partial charge in [-0.25, -0.2) is 4.39 Å². The fourth-order valence-electron chi connectivity index (χ4n) is 8.23. The Kier molecular flexibility index (Phi) is 9.47. The summed E-state index contributed by atoms with van der Waals surface area (Å²) in [6.07, 6.45) is 9.00. The average molecular weight is 597 g/mol. The summed E-state index contributed by atoms with van der Waals surface area (Å²) in [5, 5.41) is 24.2. The van der Waals surface area contributed by atoms with Gasteiger partial charge in [0, 0.05) is 31.1 Å². The number of aromatic nitrogens is 2. The Morgan fingerprint density at radius 2 is 1.86 bits per heavy atom. The zero-order valence-corrected chi connectivity index (χ0v) is 25.9. The maximum atomic E-state index is 14.3. The molecule has 1 saturated heterocycles. The van der Waals surface area contributed by atoms with Crippen LogP contribution in [0.5, 0.6) is 0 Å². The van der Waals surface area contributed by atoms with E-state index in [4.69, 9.17) is 10.4 Å². The number of aliphatic carboxylic acids is 1. The number of carboxylic acid groups (broad SMARTS) is 1. The van der Waals surface area contributed by atoms with Crippen molar-refractivity contribution >= 4 is 5.97 Å². The summed E-state index contributed by atoms with van der Waals surface area (Å²) in [5.41, 5.74) is 5.24. The fraction of sp³-hybridized carbons (Fsp3) is 0.541. The van der Waals surface area contributed by atoms with Gasteiger partial charge in [-0.2, -0.15) is 10.4 Å². The van der Waals surface area contributed by atoms with Crippen LogP contribution in [0.1, 0.15) is 98.2 Å². The molecule has 3 unspecified atom stereocenters. The molecule has 4 atom stereocenters. The van der Waals surface area contributed by atoms with Crippen LogP contribution in [-0.2, 0) is 17.8 Å². The maximum Gasteiger partial charge on any atom is 0.306 e. The summed E-state index contributed by atoms with van der Waals surface area (Å²) in [7, 11) is 0. The molecule has 2 saturated carbocycles. The van der Waals surface area contributed by atoms with E-state index in [9.17, 15) is 14.3 Å². The van der Waals surface area contributed by atoms with Gasteiger partial charge in [0.15, 0.2) is 0 Å². The van der Waals surface area contributed by atoms with Crippen LogP contribution >= 0.6 is 0 Å². The first-order valence-corrected chi connectivity index (χ1v) is 16.7. The van der Waals surface area contributed by atoms with Gasteiger partial charge in [0.25, 0.3) is 0 Å². The third-order valence-electron chi connectivity index (χ3n) is 10.8. The van der Waals surface area contributed by atoms with E-state index in [-0.39, 0.29) is 23.6 Å². The van der Waals surface area contributed by atoms with Gasteiger partial charge in [-0.05, 0) is 117 Å². The van der Waals surface area contributed by atoms with Gasteiger partial charge in [-0.1, -0.05) is 43.5 Å². The van der Waals surface area contributed by atoms with Crippen molar-refractivity contribution in [1.82, 2.24) is 14.7 Å². The maximum absolute atomic E-state index is 14.3. The van der Waals surface area contributed by atoms with Crippen molar-refractivity contribution in [3.8, 4) is 6.07 Å². The first-order chi connectivity index (χ1) is 21.4.